The molecule has 0 spiro atoms. The number of ether oxygens (including phenoxy) is 1. The van der Waals surface area contributed by atoms with Crippen molar-refractivity contribution in [2.24, 2.45) is 0 Å². The van der Waals surface area contributed by atoms with Gasteiger partial charge in [-0.3, -0.25) is 4.40 Å². The lowest BCUT2D eigenvalue weighted by molar-refractivity contribution is 0.0615. The molecule has 10 heteroatoms. The maximum atomic E-state index is 16.4. The molecule has 1 unspecified atom stereocenters. The zero-order valence-electron chi connectivity index (χ0n) is 15.9. The molecule has 1 atom stereocenters. The van der Waals surface area contributed by atoms with Crippen molar-refractivity contribution in [2.45, 2.75) is 12.2 Å². The van der Waals surface area contributed by atoms with Crippen LogP contribution in [0.2, 0.25) is 0 Å². The van der Waals surface area contributed by atoms with Crippen LogP contribution >= 0.6 is 0 Å². The Balaban J connectivity index is 1.60. The summed E-state index contributed by atoms with van der Waals surface area (Å²) in [5.74, 6) is -2.04. The first kappa shape index (κ1) is 17.8. The number of aromatic amines is 1. The van der Waals surface area contributed by atoms with Gasteiger partial charge < -0.3 is 9.72 Å². The Morgan fingerprint density at radius 2 is 2.00 bits per heavy atom. The van der Waals surface area contributed by atoms with E-state index in [1.807, 2.05) is 0 Å². The molecule has 6 rings (SSSR count). The van der Waals surface area contributed by atoms with Crippen LogP contribution in [0.15, 0.2) is 59.8 Å². The van der Waals surface area contributed by atoms with E-state index in [1.54, 1.807) is 24.3 Å². The van der Waals surface area contributed by atoms with Crippen molar-refractivity contribution in [3.63, 3.8) is 0 Å². The maximum absolute atomic E-state index is 16.4. The van der Waals surface area contributed by atoms with Gasteiger partial charge in [-0.2, -0.15) is 0 Å². The lowest BCUT2D eigenvalue weighted by atomic mass is 9.97. The van der Waals surface area contributed by atoms with E-state index in [1.165, 1.54) is 35.1 Å². The van der Waals surface area contributed by atoms with Crippen molar-refractivity contribution in [1.82, 2.24) is 28.9 Å². The van der Waals surface area contributed by atoms with Gasteiger partial charge in [0, 0.05) is 12.6 Å². The second-order valence-electron chi connectivity index (χ2n) is 7.27. The summed E-state index contributed by atoms with van der Waals surface area (Å²) in [7, 11) is 0. The molecule has 0 amide bonds. The van der Waals surface area contributed by atoms with Crippen molar-refractivity contribution in [3.05, 3.63) is 76.9 Å². The predicted molar refractivity (Wildman–Crippen MR) is 107 cm³/mol. The summed E-state index contributed by atoms with van der Waals surface area (Å²) in [6.45, 7) is 0.108. The van der Waals surface area contributed by atoms with Crippen molar-refractivity contribution >= 4 is 16.8 Å². The molecule has 5 heterocycles. The molecule has 0 saturated carbocycles. The number of halogens is 2. The Kier molecular flexibility index (Phi) is 3.55. The van der Waals surface area contributed by atoms with Gasteiger partial charge >= 0.3 is 5.69 Å². The average Bonchev–Trinajstić information content (AvgIpc) is 3.33. The Labute approximate surface area is 172 Å². The first-order valence-electron chi connectivity index (χ1n) is 9.57. The fourth-order valence-corrected chi connectivity index (χ4v) is 4.04. The Morgan fingerprint density at radius 1 is 1.13 bits per heavy atom. The van der Waals surface area contributed by atoms with Crippen molar-refractivity contribution < 1.29 is 13.5 Å². The number of nitrogens with zero attached hydrogens (tertiary/aromatic N) is 5. The second kappa shape index (κ2) is 6.21. The number of pyridine rings is 1. The molecule has 1 N–H and O–H groups in total. The SMILES string of the molecule is O=c1[nH]c2cnc(-c3cnc4ccc(F)cn34)nc2n1C1(F)CCOc2ccccc21. The minimum absolute atomic E-state index is 0.0585. The number of aromatic nitrogens is 6. The van der Waals surface area contributed by atoms with Crippen LogP contribution in [0, 0.1) is 5.82 Å². The summed E-state index contributed by atoms with van der Waals surface area (Å²) >= 11 is 0. The van der Waals surface area contributed by atoms with Gasteiger partial charge in [0.2, 0.25) is 5.79 Å². The molecule has 0 aliphatic carbocycles. The van der Waals surface area contributed by atoms with Gasteiger partial charge in [-0.15, -0.1) is 0 Å². The van der Waals surface area contributed by atoms with Crippen molar-refractivity contribution in [1.29, 1.82) is 0 Å². The number of benzene rings is 1. The van der Waals surface area contributed by atoms with Crippen LogP contribution in [0.1, 0.15) is 12.0 Å². The first-order chi connectivity index (χ1) is 15.0. The minimum atomic E-state index is -2.15. The minimum Gasteiger partial charge on any atom is -0.493 e. The van der Waals surface area contributed by atoms with Crippen LogP contribution in [0.3, 0.4) is 0 Å². The van der Waals surface area contributed by atoms with E-state index < -0.39 is 17.3 Å². The highest BCUT2D eigenvalue weighted by Gasteiger charge is 2.42. The maximum Gasteiger partial charge on any atom is 0.330 e. The summed E-state index contributed by atoms with van der Waals surface area (Å²) in [6.07, 6.45) is 4.11. The fraction of sp³-hybridized carbons (Fsp3) is 0.143. The quantitative estimate of drug-likeness (QED) is 0.474. The third kappa shape index (κ3) is 2.51. The number of H-pyrrole nitrogens is 1. The molecule has 0 saturated heterocycles. The van der Waals surface area contributed by atoms with Gasteiger partial charge in [0.25, 0.3) is 0 Å². The summed E-state index contributed by atoms with van der Waals surface area (Å²) < 4.78 is 38.3. The van der Waals surface area contributed by atoms with Gasteiger partial charge in [0.15, 0.2) is 11.5 Å². The normalized spacial score (nSPS) is 18.3. The number of hydrogen-bond donors (Lipinski definition) is 1. The molecule has 31 heavy (non-hydrogen) atoms. The molecule has 0 radical (unpaired) electrons. The predicted octanol–water partition coefficient (Wildman–Crippen LogP) is 3.03. The number of hydrogen-bond acceptors (Lipinski definition) is 5. The Morgan fingerprint density at radius 3 is 2.90 bits per heavy atom. The molecule has 1 aliphatic rings. The van der Waals surface area contributed by atoms with Gasteiger partial charge in [-0.05, 0) is 18.2 Å². The number of para-hydroxylation sites is 1. The largest absolute Gasteiger partial charge is 0.493 e. The van der Waals surface area contributed by atoms with Gasteiger partial charge in [-0.1, -0.05) is 18.2 Å². The molecule has 0 fully saturated rings. The Bertz CT molecular complexity index is 1540. The van der Waals surface area contributed by atoms with Gasteiger partial charge in [0.05, 0.1) is 24.6 Å². The number of imidazole rings is 2. The highest BCUT2D eigenvalue weighted by atomic mass is 19.1. The first-order valence-corrected chi connectivity index (χ1v) is 9.57. The van der Waals surface area contributed by atoms with E-state index in [0.29, 0.717) is 17.1 Å². The van der Waals surface area contributed by atoms with E-state index in [2.05, 4.69) is 19.9 Å². The second-order valence-corrected chi connectivity index (χ2v) is 7.27. The van der Waals surface area contributed by atoms with Crippen molar-refractivity contribution in [3.8, 4) is 17.3 Å². The lowest BCUT2D eigenvalue weighted by Gasteiger charge is -2.32. The molecule has 1 aromatic carbocycles. The van der Waals surface area contributed by atoms with Crippen LogP contribution in [0.5, 0.6) is 5.75 Å². The zero-order valence-corrected chi connectivity index (χ0v) is 15.9. The number of nitrogens with one attached hydrogen (secondary N) is 1. The molecular formula is C21H14F2N6O2. The zero-order chi connectivity index (χ0) is 21.2. The third-order valence-corrected chi connectivity index (χ3v) is 5.47. The summed E-state index contributed by atoms with van der Waals surface area (Å²) in [5.41, 5.74) is 0.908. The number of alkyl halides is 1. The van der Waals surface area contributed by atoms with E-state index >= 15 is 4.39 Å². The number of fused-ring (bicyclic) bond motifs is 3. The van der Waals surface area contributed by atoms with E-state index in [4.69, 9.17) is 4.74 Å². The molecule has 8 nitrogen and oxygen atoms in total. The van der Waals surface area contributed by atoms with Gasteiger partial charge in [-0.25, -0.2) is 33.1 Å². The summed E-state index contributed by atoms with van der Waals surface area (Å²) in [6, 6.07) is 9.52. The smallest absolute Gasteiger partial charge is 0.330 e. The van der Waals surface area contributed by atoms with Crippen LogP contribution in [0.4, 0.5) is 8.78 Å². The average molecular weight is 420 g/mol. The molecule has 154 valence electrons. The van der Waals surface area contributed by atoms with Crippen LogP contribution in [-0.4, -0.2) is 35.5 Å². The van der Waals surface area contributed by atoms with Crippen LogP contribution in [0.25, 0.3) is 28.3 Å². The van der Waals surface area contributed by atoms with Crippen LogP contribution in [-0.2, 0) is 5.79 Å². The molecule has 4 aromatic heterocycles. The molecule has 1 aliphatic heterocycles. The van der Waals surface area contributed by atoms with E-state index in [0.717, 1.165) is 4.57 Å². The third-order valence-electron chi connectivity index (χ3n) is 5.47. The summed E-state index contributed by atoms with van der Waals surface area (Å²) in [4.78, 5) is 28.4. The molecular weight excluding hydrogens is 406 g/mol. The monoisotopic (exact) mass is 420 g/mol. The lowest BCUT2D eigenvalue weighted by Crippen LogP contribution is -2.41. The van der Waals surface area contributed by atoms with Crippen molar-refractivity contribution in [2.75, 3.05) is 6.61 Å². The fourth-order valence-electron chi connectivity index (χ4n) is 4.04. The molecule has 0 bridgehead atoms. The highest BCUT2D eigenvalue weighted by Crippen LogP contribution is 2.41. The highest BCUT2D eigenvalue weighted by molar-refractivity contribution is 5.73. The van der Waals surface area contributed by atoms with E-state index in [9.17, 15) is 9.18 Å². The Hall–Kier alpha value is -4.08. The summed E-state index contributed by atoms with van der Waals surface area (Å²) in [5, 5.41) is 0. The topological polar surface area (TPSA) is 90.1 Å². The number of rotatable bonds is 2. The van der Waals surface area contributed by atoms with Gasteiger partial charge in [0.1, 0.15) is 28.4 Å². The standard InChI is InChI=1S/C21H14F2N6O2/c22-12-5-6-17-24-10-15(28(17)11-12)18-25-9-14-19(27-18)29(20(30)26-14)21(23)7-8-31-16-4-2-1-3-13(16)21/h1-6,9-11H,7-8H2,(H,26,30). The van der Waals surface area contributed by atoms with Crippen LogP contribution < -0.4 is 10.4 Å². The van der Waals surface area contributed by atoms with E-state index in [-0.39, 0.29) is 35.6 Å². The molecule has 5 aromatic rings.